The molecule has 26 N–H and O–H groups in total. The Kier molecular flexibility index (Phi) is 40.2. The van der Waals surface area contributed by atoms with Crippen LogP contribution in [-0.2, 0) is 89.6 Å². The Morgan fingerprint density at radius 3 is 1.54 bits per heavy atom. The van der Waals surface area contributed by atoms with E-state index in [9.17, 15) is 92.0 Å². The number of guanidine groups is 1. The van der Waals surface area contributed by atoms with Crippen LogP contribution in [0.4, 0.5) is 0 Å². The van der Waals surface area contributed by atoms with Gasteiger partial charge in [0.05, 0.1) is 44.4 Å². The Bertz CT molecular complexity index is 3620. The molecule has 0 radical (unpaired) electrons. The van der Waals surface area contributed by atoms with Crippen LogP contribution in [0, 0.1) is 17.8 Å². The number of H-pyrrole nitrogens is 2. The molecule has 43 nitrogen and oxygen atoms in total. The summed E-state index contributed by atoms with van der Waals surface area (Å²) in [7, 11) is 0. The van der Waals surface area contributed by atoms with Crippen molar-refractivity contribution in [2.45, 2.75) is 236 Å². The number of rotatable bonds is 49. The van der Waals surface area contributed by atoms with E-state index < -0.39 is 211 Å². The standard InChI is InChI=1S/C70H115N23O20S/c1-34(2)22-44(60(103)83-42(14-9-10-18-71)58(101)78-29-52(96)82-48(30-94)62(105)89-49(31-114)69(112)113)85-56(99)37(7)81-59(102)43(15-11-19-77-70(73)74)84-63(106)50-16-12-20-92(50)67(110)46(23-35(3)4)87-61(104)45(24-39-27-75-32-79-39)86-64(107)51-17-13-21-93(51)68(111)47(25-40-28-76-33-80-40)88-66(109)55(38(8)95)91-65(108)54(36(5)6)90-57(100)41(72)26-53(97)98/h27-28,32-38,41-51,54-55,94-95,114H,9-26,29-31,71-72H2,1-8H3,(H,75,79)(H,76,80)(H,78,101)(H,81,102)(H,82,96)(H,83,103)(H,84,106)(H,85,99)(H,86,107)(H,87,104)(H,88,109)(H,89,105)(H,90,100)(H,91,108)(H,97,98)(H,112,113)(H4,73,74,77)/t37-,38+,41-,42-,43-,44-,45-,46-,47-,48-,49-,50-,51-,54-,55-/m0/s1. The number of nitrogens with one attached hydrogen (secondary N) is 14. The predicted molar refractivity (Wildman–Crippen MR) is 411 cm³/mol. The van der Waals surface area contributed by atoms with Crippen molar-refractivity contribution >= 4 is 113 Å². The maximum absolute atomic E-state index is 15.0. The van der Waals surface area contributed by atoms with Gasteiger partial charge in [-0.05, 0) is 109 Å². The van der Waals surface area contributed by atoms with Crippen molar-refractivity contribution in [3.63, 3.8) is 0 Å². The number of carboxylic acids is 2. The molecule has 114 heavy (non-hydrogen) atoms. The Morgan fingerprint density at radius 1 is 0.553 bits per heavy atom. The van der Waals surface area contributed by atoms with Crippen LogP contribution in [0.15, 0.2) is 30.0 Å². The third-order valence-corrected chi connectivity index (χ3v) is 18.9. The monoisotopic (exact) mass is 1630 g/mol. The zero-order valence-electron chi connectivity index (χ0n) is 65.4. The number of imidazole rings is 2. The van der Waals surface area contributed by atoms with Crippen molar-refractivity contribution in [2.24, 2.45) is 45.7 Å². The Morgan fingerprint density at radius 2 is 1.03 bits per heavy atom. The first-order chi connectivity index (χ1) is 53.8. The molecule has 0 saturated carbocycles. The third kappa shape index (κ3) is 31.4. The smallest absolute Gasteiger partial charge is 0.327 e. The Balaban J connectivity index is 1.53. The van der Waals surface area contributed by atoms with E-state index >= 15 is 0 Å². The molecule has 44 heteroatoms. The fourth-order valence-electron chi connectivity index (χ4n) is 12.5. The summed E-state index contributed by atoms with van der Waals surface area (Å²) in [5.41, 5.74) is 23.3. The summed E-state index contributed by atoms with van der Waals surface area (Å²) in [4.78, 5) is 239. The van der Waals surface area contributed by atoms with E-state index in [-0.39, 0.29) is 114 Å². The van der Waals surface area contributed by atoms with Crippen LogP contribution in [0.25, 0.3) is 0 Å². The lowest BCUT2D eigenvalue weighted by Gasteiger charge is -2.32. The minimum Gasteiger partial charge on any atom is -0.481 e. The molecule has 4 heterocycles. The number of aliphatic hydroxyl groups excluding tert-OH is 2. The fraction of sp³-hybridized carbons (Fsp3) is 0.671. The molecule has 636 valence electrons. The summed E-state index contributed by atoms with van der Waals surface area (Å²) in [5.74, 6) is -16.9. The molecule has 2 fully saturated rings. The number of aromatic amines is 2. The van der Waals surface area contributed by atoms with Gasteiger partial charge in [-0.2, -0.15) is 12.6 Å². The zero-order valence-corrected chi connectivity index (χ0v) is 66.3. The molecule has 0 bridgehead atoms. The molecule has 2 aromatic rings. The third-order valence-electron chi connectivity index (χ3n) is 18.5. The molecule has 14 amide bonds. The molecular weight excluding hydrogens is 1510 g/mol. The molecule has 15 atom stereocenters. The first kappa shape index (κ1) is 95.8. The molecule has 0 spiro atoms. The summed E-state index contributed by atoms with van der Waals surface area (Å²) < 4.78 is 0. The van der Waals surface area contributed by atoms with Crippen molar-refractivity contribution in [3.8, 4) is 0 Å². The summed E-state index contributed by atoms with van der Waals surface area (Å²) in [6.45, 7) is 11.2. The highest BCUT2D eigenvalue weighted by Crippen LogP contribution is 2.24. The maximum Gasteiger partial charge on any atom is 0.327 e. The van der Waals surface area contributed by atoms with E-state index in [1.54, 1.807) is 41.5 Å². The molecule has 0 unspecified atom stereocenters. The summed E-state index contributed by atoms with van der Waals surface area (Å²) in [6, 6.07) is -19.9. The fourth-order valence-corrected chi connectivity index (χ4v) is 12.8. The van der Waals surface area contributed by atoms with E-state index in [0.717, 1.165) is 0 Å². The van der Waals surface area contributed by atoms with Crippen molar-refractivity contribution in [1.82, 2.24) is 93.5 Å². The molecule has 0 aromatic carbocycles. The normalized spacial score (nSPS) is 17.4. The van der Waals surface area contributed by atoms with E-state index in [1.807, 2.05) is 0 Å². The molecule has 2 aliphatic heterocycles. The van der Waals surface area contributed by atoms with Gasteiger partial charge in [0.2, 0.25) is 82.7 Å². The molecule has 2 aromatic heterocycles. The molecule has 4 rings (SSSR count). The average Bonchev–Trinajstić information content (AvgIpc) is 1.63. The van der Waals surface area contributed by atoms with Crippen molar-refractivity contribution in [3.05, 3.63) is 36.4 Å². The number of carboxylic acid groups (broad SMARTS) is 2. The number of likely N-dealkylation sites (tertiary alicyclic amines) is 2. The highest BCUT2D eigenvalue weighted by Gasteiger charge is 2.44. The lowest BCUT2D eigenvalue weighted by Crippen LogP contribution is -2.62. The second kappa shape index (κ2) is 47.8. The number of carbonyl (C=O) groups excluding carboxylic acids is 14. The topological polar surface area (TPSA) is 679 Å². The number of thiol groups is 1. The van der Waals surface area contributed by atoms with Gasteiger partial charge in [-0.3, -0.25) is 76.9 Å². The van der Waals surface area contributed by atoms with E-state index in [2.05, 4.69) is 101 Å². The van der Waals surface area contributed by atoms with Gasteiger partial charge in [-0.15, -0.1) is 0 Å². The van der Waals surface area contributed by atoms with Crippen LogP contribution < -0.4 is 86.7 Å². The largest absolute Gasteiger partial charge is 0.481 e. The van der Waals surface area contributed by atoms with Crippen LogP contribution >= 0.6 is 12.6 Å². The first-order valence-corrected chi connectivity index (χ1v) is 38.5. The highest BCUT2D eigenvalue weighted by molar-refractivity contribution is 7.80. The van der Waals surface area contributed by atoms with Gasteiger partial charge in [-0.1, -0.05) is 41.5 Å². The van der Waals surface area contributed by atoms with Crippen LogP contribution in [-0.4, -0.2) is 287 Å². The number of aromatic nitrogens is 4. The minimum absolute atomic E-state index is 0.00509. The Labute approximate surface area is 664 Å². The number of aliphatic carboxylic acids is 2. The van der Waals surface area contributed by atoms with E-state index in [1.165, 1.54) is 48.7 Å². The van der Waals surface area contributed by atoms with Gasteiger partial charge in [0.25, 0.3) is 0 Å². The maximum atomic E-state index is 15.0. The van der Waals surface area contributed by atoms with Crippen molar-refractivity contribution in [2.75, 3.05) is 45.1 Å². The number of nitrogens with zero attached hydrogens (tertiary/aromatic N) is 5. The first-order valence-electron chi connectivity index (χ1n) is 37.8. The minimum atomic E-state index is -1.75. The number of carbonyl (C=O) groups is 16. The van der Waals surface area contributed by atoms with Crippen LogP contribution in [0.3, 0.4) is 0 Å². The van der Waals surface area contributed by atoms with Crippen LogP contribution in [0.2, 0.25) is 0 Å². The summed E-state index contributed by atoms with van der Waals surface area (Å²) in [6.07, 6.45) is 4.11. The van der Waals surface area contributed by atoms with Gasteiger partial charge in [0, 0.05) is 62.0 Å². The number of unbranched alkanes of at least 4 members (excludes halogenated alkanes) is 1. The number of nitrogens with two attached hydrogens (primary N) is 4. The van der Waals surface area contributed by atoms with Crippen molar-refractivity contribution < 1.29 is 97.1 Å². The molecule has 0 aliphatic carbocycles. The van der Waals surface area contributed by atoms with Gasteiger partial charge in [0.15, 0.2) is 5.96 Å². The Hall–Kier alpha value is -10.6. The van der Waals surface area contributed by atoms with Crippen LogP contribution in [0.5, 0.6) is 0 Å². The van der Waals surface area contributed by atoms with E-state index in [4.69, 9.17) is 28.0 Å². The van der Waals surface area contributed by atoms with Gasteiger partial charge < -0.3 is 127 Å². The second-order valence-corrected chi connectivity index (χ2v) is 29.7. The quantitative estimate of drug-likeness (QED) is 0.0127. The predicted octanol–water partition coefficient (Wildman–Crippen LogP) is -7.51. The number of hydrogen-bond donors (Lipinski definition) is 23. The number of hydrogen-bond acceptors (Lipinski definition) is 24. The van der Waals surface area contributed by atoms with Crippen molar-refractivity contribution in [1.29, 1.82) is 0 Å². The molecular formula is C70H115N23O20S. The SMILES string of the molecule is CC(C)C[C@H](NC(=O)[C@H](C)NC(=O)[C@H](CCCN=C(N)N)NC(=O)[C@@H]1CCCN1C(=O)[C@H](CC(C)C)NC(=O)[C@H](Cc1cnc[nH]1)NC(=O)[C@@H]1CCCN1C(=O)[C@H](Cc1cnc[nH]1)NC(=O)[C@@H](NC(=O)[C@@H](NC(=O)[C@@H](N)CC(=O)O)C(C)C)[C@@H](C)O)C(=O)N[C@@H](CCCCN)C(=O)NCC(=O)N[C@@H](CO)C(=O)N[C@@H](CS)C(=O)O. The summed E-state index contributed by atoms with van der Waals surface area (Å²) in [5, 5.41) is 69.3. The van der Waals surface area contributed by atoms with Crippen LogP contribution in [0.1, 0.15) is 144 Å². The molecule has 2 aliphatic rings. The molecule has 2 saturated heterocycles. The van der Waals surface area contributed by atoms with Gasteiger partial charge in [0.1, 0.15) is 78.5 Å². The number of amides is 14. The number of aliphatic imine (C=N–C) groups is 1. The van der Waals surface area contributed by atoms with E-state index in [0.29, 0.717) is 30.7 Å². The lowest BCUT2D eigenvalue weighted by molar-refractivity contribution is -0.144. The number of aliphatic hydroxyl groups is 2. The average molecular weight is 1630 g/mol. The zero-order chi connectivity index (χ0) is 85.2. The summed E-state index contributed by atoms with van der Waals surface area (Å²) >= 11 is 3.87. The lowest BCUT2D eigenvalue weighted by atomic mass is 10.0. The van der Waals surface area contributed by atoms with Gasteiger partial charge in [-0.25, -0.2) is 14.8 Å². The highest BCUT2D eigenvalue weighted by atomic mass is 32.1. The van der Waals surface area contributed by atoms with Gasteiger partial charge >= 0.3 is 11.9 Å². The second-order valence-electron chi connectivity index (χ2n) is 29.3.